The fraction of sp³-hybridized carbons (Fsp3) is 0.467. The fourth-order valence-corrected chi connectivity index (χ4v) is 2.21. The van der Waals surface area contributed by atoms with Crippen molar-refractivity contribution >= 4 is 23.5 Å². The third kappa shape index (κ3) is 5.27. The Morgan fingerprint density at radius 3 is 2.67 bits per heavy atom. The van der Waals surface area contributed by atoms with Gasteiger partial charge in [0.1, 0.15) is 5.75 Å². The molecule has 6 heteroatoms. The number of likely N-dealkylation sites (N-methyl/N-ethyl adjacent to an activating group) is 1. The summed E-state index contributed by atoms with van der Waals surface area (Å²) in [5.74, 6) is -0.743. The second-order valence-electron chi connectivity index (χ2n) is 4.85. The Kier molecular flexibility index (Phi) is 6.49. The average Bonchev–Trinajstić information content (AvgIpc) is 2.39. The molecule has 0 aromatic heterocycles. The third-order valence-electron chi connectivity index (χ3n) is 3.10. The van der Waals surface area contributed by atoms with Crippen molar-refractivity contribution in [2.75, 3.05) is 13.2 Å². The van der Waals surface area contributed by atoms with Gasteiger partial charge in [-0.05, 0) is 38.5 Å². The van der Waals surface area contributed by atoms with Gasteiger partial charge >= 0.3 is 5.97 Å². The zero-order valence-corrected chi connectivity index (χ0v) is 13.2. The molecule has 0 saturated heterocycles. The lowest BCUT2D eigenvalue weighted by Crippen LogP contribution is -2.42. The van der Waals surface area contributed by atoms with Gasteiger partial charge in [-0.1, -0.05) is 17.7 Å². The van der Waals surface area contributed by atoms with Gasteiger partial charge in [0.05, 0.1) is 11.4 Å². The minimum absolute atomic E-state index is 0.0925. The molecule has 21 heavy (non-hydrogen) atoms. The Bertz CT molecular complexity index is 518. The highest BCUT2D eigenvalue weighted by Gasteiger charge is 2.21. The molecule has 0 aliphatic rings. The van der Waals surface area contributed by atoms with Crippen LogP contribution < -0.4 is 4.74 Å². The van der Waals surface area contributed by atoms with E-state index in [2.05, 4.69) is 0 Å². The number of amides is 1. The van der Waals surface area contributed by atoms with Crippen molar-refractivity contribution in [3.05, 3.63) is 28.8 Å². The number of aliphatic carboxylic acids is 1. The van der Waals surface area contributed by atoms with Crippen LogP contribution in [0.15, 0.2) is 18.2 Å². The van der Waals surface area contributed by atoms with Gasteiger partial charge in [-0.2, -0.15) is 0 Å². The Labute approximate surface area is 129 Å². The van der Waals surface area contributed by atoms with Crippen molar-refractivity contribution in [3.63, 3.8) is 0 Å². The maximum Gasteiger partial charge on any atom is 0.305 e. The van der Waals surface area contributed by atoms with E-state index in [1.54, 1.807) is 26.0 Å². The number of benzene rings is 1. The Morgan fingerprint density at radius 1 is 1.43 bits per heavy atom. The molecule has 1 amide bonds. The van der Waals surface area contributed by atoms with Crippen LogP contribution in [0.5, 0.6) is 5.75 Å². The molecular formula is C15H20ClNO4. The third-order valence-corrected chi connectivity index (χ3v) is 3.41. The SMILES string of the molecule is CCN(C(=O)COc1cc(C)ccc1Cl)C(C)CC(=O)O. The topological polar surface area (TPSA) is 66.8 Å². The molecule has 116 valence electrons. The zero-order valence-electron chi connectivity index (χ0n) is 12.4. The van der Waals surface area contributed by atoms with Crippen LogP contribution in [-0.4, -0.2) is 41.1 Å². The molecule has 0 heterocycles. The highest BCUT2D eigenvalue weighted by molar-refractivity contribution is 6.32. The lowest BCUT2D eigenvalue weighted by molar-refractivity contribution is -0.141. The van der Waals surface area contributed by atoms with Gasteiger partial charge in [-0.3, -0.25) is 9.59 Å². The van der Waals surface area contributed by atoms with Crippen molar-refractivity contribution in [3.8, 4) is 5.75 Å². The number of nitrogens with zero attached hydrogens (tertiary/aromatic N) is 1. The summed E-state index contributed by atoms with van der Waals surface area (Å²) in [5, 5.41) is 9.24. The second kappa shape index (κ2) is 7.88. The number of halogens is 1. The summed E-state index contributed by atoms with van der Waals surface area (Å²) in [6.45, 7) is 5.67. The molecule has 0 spiro atoms. The molecule has 1 unspecified atom stereocenters. The van der Waals surface area contributed by atoms with Crippen molar-refractivity contribution in [1.29, 1.82) is 0 Å². The number of rotatable bonds is 7. The van der Waals surface area contributed by atoms with Crippen molar-refractivity contribution in [1.82, 2.24) is 4.90 Å². The standard InChI is InChI=1S/C15H20ClNO4/c1-4-17(11(3)8-15(19)20)14(18)9-21-13-7-10(2)5-6-12(13)16/h5-7,11H,4,8-9H2,1-3H3,(H,19,20). The number of carbonyl (C=O) groups is 2. The molecule has 1 atom stereocenters. The first kappa shape index (κ1) is 17.3. The number of carbonyl (C=O) groups excluding carboxylic acids is 1. The van der Waals surface area contributed by atoms with Gasteiger partial charge in [0.25, 0.3) is 5.91 Å². The fourth-order valence-electron chi connectivity index (χ4n) is 2.04. The number of hydrogen-bond acceptors (Lipinski definition) is 3. The Morgan fingerprint density at radius 2 is 2.10 bits per heavy atom. The predicted octanol–water partition coefficient (Wildman–Crippen LogP) is 2.74. The van der Waals surface area contributed by atoms with Gasteiger partial charge < -0.3 is 14.7 Å². The molecule has 0 fully saturated rings. The van der Waals surface area contributed by atoms with Gasteiger partial charge in [0, 0.05) is 12.6 Å². The van der Waals surface area contributed by atoms with E-state index in [1.807, 2.05) is 13.0 Å². The monoisotopic (exact) mass is 313 g/mol. The van der Waals surface area contributed by atoms with Crippen LogP contribution in [0.1, 0.15) is 25.8 Å². The first-order valence-corrected chi connectivity index (χ1v) is 7.13. The number of aryl methyl sites for hydroxylation is 1. The number of ether oxygens (including phenoxy) is 1. The molecule has 0 radical (unpaired) electrons. The summed E-state index contributed by atoms with van der Waals surface area (Å²) in [5.41, 5.74) is 0.980. The lowest BCUT2D eigenvalue weighted by Gasteiger charge is -2.27. The molecule has 1 aromatic carbocycles. The summed E-state index contributed by atoms with van der Waals surface area (Å²) in [7, 11) is 0. The highest BCUT2D eigenvalue weighted by Crippen LogP contribution is 2.25. The molecular weight excluding hydrogens is 294 g/mol. The summed E-state index contributed by atoms with van der Waals surface area (Å²) in [6, 6.07) is 4.94. The molecule has 0 aliphatic heterocycles. The second-order valence-corrected chi connectivity index (χ2v) is 5.26. The first-order chi connectivity index (χ1) is 9.85. The van der Waals surface area contributed by atoms with E-state index >= 15 is 0 Å². The highest BCUT2D eigenvalue weighted by atomic mass is 35.5. The largest absolute Gasteiger partial charge is 0.482 e. The van der Waals surface area contributed by atoms with E-state index in [1.165, 1.54) is 4.90 Å². The normalized spacial score (nSPS) is 11.8. The van der Waals surface area contributed by atoms with E-state index < -0.39 is 5.97 Å². The predicted molar refractivity (Wildman–Crippen MR) is 80.8 cm³/mol. The van der Waals surface area contributed by atoms with Crippen molar-refractivity contribution in [2.24, 2.45) is 0 Å². The minimum atomic E-state index is -0.934. The van der Waals surface area contributed by atoms with E-state index in [4.69, 9.17) is 21.4 Å². The summed E-state index contributed by atoms with van der Waals surface area (Å²) >= 11 is 6.00. The van der Waals surface area contributed by atoms with Crippen molar-refractivity contribution in [2.45, 2.75) is 33.2 Å². The number of hydrogen-bond donors (Lipinski definition) is 1. The van der Waals surface area contributed by atoms with Crippen molar-refractivity contribution < 1.29 is 19.4 Å². The smallest absolute Gasteiger partial charge is 0.305 e. The molecule has 0 aliphatic carbocycles. The number of carboxylic acid groups (broad SMARTS) is 1. The Hall–Kier alpha value is -1.75. The number of carboxylic acids is 1. The van der Waals surface area contributed by atoms with Gasteiger partial charge in [0.15, 0.2) is 6.61 Å². The van der Waals surface area contributed by atoms with Gasteiger partial charge in [-0.15, -0.1) is 0 Å². The Balaban J connectivity index is 2.66. The van der Waals surface area contributed by atoms with Gasteiger partial charge in [-0.25, -0.2) is 0 Å². The first-order valence-electron chi connectivity index (χ1n) is 6.75. The van der Waals surface area contributed by atoms with Crippen LogP contribution in [0.4, 0.5) is 0 Å². The van der Waals surface area contributed by atoms with Crippen LogP contribution in [0.2, 0.25) is 5.02 Å². The van der Waals surface area contributed by atoms with Crippen LogP contribution >= 0.6 is 11.6 Å². The van der Waals surface area contributed by atoms with E-state index in [9.17, 15) is 9.59 Å². The van der Waals surface area contributed by atoms with Crippen LogP contribution in [0.3, 0.4) is 0 Å². The zero-order chi connectivity index (χ0) is 16.0. The average molecular weight is 314 g/mol. The van der Waals surface area contributed by atoms with E-state index in [0.717, 1.165) is 5.56 Å². The van der Waals surface area contributed by atoms with Gasteiger partial charge in [0.2, 0.25) is 0 Å². The molecule has 1 N–H and O–H groups in total. The maximum atomic E-state index is 12.1. The van der Waals surface area contributed by atoms with Crippen LogP contribution in [0, 0.1) is 6.92 Å². The van der Waals surface area contributed by atoms with E-state index in [0.29, 0.717) is 17.3 Å². The lowest BCUT2D eigenvalue weighted by atomic mass is 10.2. The van der Waals surface area contributed by atoms with Crippen LogP contribution in [-0.2, 0) is 9.59 Å². The quantitative estimate of drug-likeness (QED) is 0.840. The van der Waals surface area contributed by atoms with Crippen LogP contribution in [0.25, 0.3) is 0 Å². The molecule has 1 aromatic rings. The summed E-state index contributed by atoms with van der Waals surface area (Å²) in [4.78, 5) is 24.3. The van der Waals surface area contributed by atoms with E-state index in [-0.39, 0.29) is 25.0 Å². The molecule has 5 nitrogen and oxygen atoms in total. The maximum absolute atomic E-state index is 12.1. The molecule has 0 bridgehead atoms. The minimum Gasteiger partial charge on any atom is -0.482 e. The summed E-state index contributed by atoms with van der Waals surface area (Å²) < 4.78 is 5.45. The summed E-state index contributed by atoms with van der Waals surface area (Å²) in [6.07, 6.45) is -0.0925. The molecule has 1 rings (SSSR count). The molecule has 0 saturated carbocycles.